The van der Waals surface area contributed by atoms with Crippen LogP contribution in [0.5, 0.6) is 5.75 Å². The molecule has 3 aromatic heterocycles. The summed E-state index contributed by atoms with van der Waals surface area (Å²) in [4.78, 5) is 90.4. The molecule has 5 aliphatic heterocycles. The molecule has 86 heavy (non-hydrogen) atoms. The lowest BCUT2D eigenvalue weighted by molar-refractivity contribution is -0.127. The average molecular weight is 1170 g/mol. The van der Waals surface area contributed by atoms with E-state index in [4.69, 9.17) is 24.7 Å². The van der Waals surface area contributed by atoms with Gasteiger partial charge < -0.3 is 54.6 Å². The van der Waals surface area contributed by atoms with Crippen molar-refractivity contribution in [3.8, 4) is 17.0 Å². The first-order valence-electron chi connectivity index (χ1n) is 29.9. The number of rotatable bonds is 18. The number of hydrogen-bond acceptors (Lipinski definition) is 19. The first-order chi connectivity index (χ1) is 41.6. The predicted octanol–water partition coefficient (Wildman–Crippen LogP) is 6.56. The van der Waals surface area contributed by atoms with Gasteiger partial charge in [0.05, 0.1) is 43.1 Å². The maximum absolute atomic E-state index is 15.0. The van der Waals surface area contributed by atoms with E-state index in [0.29, 0.717) is 97.9 Å². The number of ether oxygens (including phenoxy) is 1. The van der Waals surface area contributed by atoms with Gasteiger partial charge in [-0.2, -0.15) is 9.97 Å². The first kappa shape index (κ1) is 59.2. The number of aryl methyl sites for hydroxylation is 1. The zero-order valence-corrected chi connectivity index (χ0v) is 50.7. The molecule has 11 rings (SSSR count). The molecule has 3 aromatic carbocycles. The third-order valence-electron chi connectivity index (χ3n) is 16.9. The van der Waals surface area contributed by atoms with Crippen molar-refractivity contribution >= 4 is 75.3 Å². The Kier molecular flexibility index (Phi) is 18.1. The van der Waals surface area contributed by atoms with Gasteiger partial charge in [-0.15, -0.1) is 0 Å². The smallest absolute Gasteiger partial charge is 0.279 e. The minimum Gasteiger partial charge on any atom is -0.494 e. The molecule has 450 valence electrons. The van der Waals surface area contributed by atoms with Gasteiger partial charge in [0, 0.05) is 145 Å². The van der Waals surface area contributed by atoms with Gasteiger partial charge in [-0.3, -0.25) is 23.9 Å². The van der Waals surface area contributed by atoms with Crippen molar-refractivity contribution in [2.75, 3.05) is 159 Å². The molecular weight excluding hydrogens is 1080 g/mol. The summed E-state index contributed by atoms with van der Waals surface area (Å²) in [6, 6.07) is 20.1. The number of nitrogens with zero attached hydrogens (tertiary/aromatic N) is 16. The van der Waals surface area contributed by atoms with Crippen LogP contribution in [0.25, 0.3) is 22.4 Å². The van der Waals surface area contributed by atoms with E-state index in [0.717, 1.165) is 93.4 Å². The average Bonchev–Trinajstić information content (AvgIpc) is 1.48. The summed E-state index contributed by atoms with van der Waals surface area (Å²) >= 11 is 0. The number of likely N-dealkylation sites (tertiary alicyclic amines) is 2. The molecular formula is C64H80N18O4. The Morgan fingerprint density at radius 1 is 0.721 bits per heavy atom. The van der Waals surface area contributed by atoms with Crippen LogP contribution in [-0.2, 0) is 16.1 Å². The Labute approximate surface area is 503 Å². The molecule has 8 heterocycles. The van der Waals surface area contributed by atoms with Crippen LogP contribution < -0.4 is 35.6 Å². The molecule has 0 unspecified atom stereocenters. The van der Waals surface area contributed by atoms with Gasteiger partial charge in [-0.1, -0.05) is 36.9 Å². The predicted molar refractivity (Wildman–Crippen MR) is 342 cm³/mol. The van der Waals surface area contributed by atoms with Crippen molar-refractivity contribution < 1.29 is 14.3 Å². The second kappa shape index (κ2) is 26.4. The second-order valence-electron chi connectivity index (χ2n) is 23.5. The molecule has 22 nitrogen and oxygen atoms in total. The molecule has 5 aliphatic rings. The molecule has 0 aliphatic carbocycles. The third-order valence-corrected chi connectivity index (χ3v) is 16.9. The van der Waals surface area contributed by atoms with Crippen LogP contribution in [0.2, 0.25) is 0 Å². The number of piperidine rings is 1. The molecule has 0 spiro atoms. The van der Waals surface area contributed by atoms with Crippen LogP contribution in [0.15, 0.2) is 119 Å². The number of methoxy groups -OCH3 is 1. The summed E-state index contributed by atoms with van der Waals surface area (Å²) in [5.74, 6) is 1.99. The third kappa shape index (κ3) is 13.6. The van der Waals surface area contributed by atoms with E-state index in [1.54, 1.807) is 47.3 Å². The number of aliphatic imine (C=N–C) groups is 1. The first-order valence-corrected chi connectivity index (χ1v) is 29.9. The van der Waals surface area contributed by atoms with Crippen LogP contribution in [0, 0.1) is 6.92 Å². The molecule has 4 fully saturated rings. The van der Waals surface area contributed by atoms with Crippen molar-refractivity contribution in [3.05, 3.63) is 131 Å². The molecule has 2 amide bonds. The standard InChI is InChI=1S/C64H80N18O4/c1-44-36-49(77-32-28-74(5)29-33-77)16-18-52(44)69-63-66-40-54-60(71-63)81(45(2)39-65-54)48-20-25-79(26-21-48)57(83)15-11-24-76(7)42-46-12-9-13-47(37-46)59-62(85)82(51-22-27-80(43-51)58(84)14-10-23-73(3)4)61-55(68-59)41-67-64(72-61)70-53-19-17-50(38-56(53)86-8)78-34-30-75(6)31-35-78/h9-19,36-41,48,51H,2,20-35,42-43H2,1,3-8H3,(H,66,69,71)(H,67,70,72)/b14-10+,15-11+/t51-/m0/s1. The number of amides is 2. The van der Waals surface area contributed by atoms with Crippen molar-refractivity contribution in [2.45, 2.75) is 44.8 Å². The fourth-order valence-electron chi connectivity index (χ4n) is 12.0. The Morgan fingerprint density at radius 2 is 1.35 bits per heavy atom. The van der Waals surface area contributed by atoms with Gasteiger partial charge in [0.25, 0.3) is 5.56 Å². The highest BCUT2D eigenvalue weighted by atomic mass is 16.5. The van der Waals surface area contributed by atoms with Crippen molar-refractivity contribution in [1.82, 2.24) is 58.9 Å². The lowest BCUT2D eigenvalue weighted by atomic mass is 10.0. The van der Waals surface area contributed by atoms with E-state index in [1.165, 1.54) is 5.69 Å². The lowest BCUT2D eigenvalue weighted by Crippen LogP contribution is -2.47. The van der Waals surface area contributed by atoms with Gasteiger partial charge in [0.2, 0.25) is 23.7 Å². The number of benzene rings is 3. The zero-order chi connectivity index (χ0) is 60.0. The van der Waals surface area contributed by atoms with Crippen molar-refractivity contribution in [2.24, 2.45) is 4.99 Å². The number of anilines is 7. The van der Waals surface area contributed by atoms with E-state index in [1.807, 2.05) is 79.5 Å². The van der Waals surface area contributed by atoms with Crippen LogP contribution in [0.4, 0.5) is 46.2 Å². The van der Waals surface area contributed by atoms with Gasteiger partial charge in [-0.05, 0) is 109 Å². The van der Waals surface area contributed by atoms with Gasteiger partial charge in [0.15, 0.2) is 11.5 Å². The lowest BCUT2D eigenvalue weighted by Gasteiger charge is -2.40. The summed E-state index contributed by atoms with van der Waals surface area (Å²) in [7, 11) is 11.9. The maximum atomic E-state index is 15.0. The zero-order valence-electron chi connectivity index (χ0n) is 50.7. The van der Waals surface area contributed by atoms with Crippen LogP contribution in [0.3, 0.4) is 0 Å². The monoisotopic (exact) mass is 1160 g/mol. The molecule has 4 saturated heterocycles. The van der Waals surface area contributed by atoms with Crippen LogP contribution in [-0.4, -0.2) is 217 Å². The fourth-order valence-corrected chi connectivity index (χ4v) is 12.0. The normalized spacial score (nSPS) is 18.2. The van der Waals surface area contributed by atoms with Crippen molar-refractivity contribution in [3.63, 3.8) is 0 Å². The quantitative estimate of drug-likeness (QED) is 0.0878. The van der Waals surface area contributed by atoms with Crippen LogP contribution in [0.1, 0.15) is 36.4 Å². The number of likely N-dealkylation sites (N-methyl/N-ethyl adjacent to an activating group) is 4. The number of carbonyl (C=O) groups is 2. The summed E-state index contributed by atoms with van der Waals surface area (Å²) in [5, 5.41) is 6.81. The summed E-state index contributed by atoms with van der Waals surface area (Å²) < 4.78 is 7.57. The summed E-state index contributed by atoms with van der Waals surface area (Å²) in [5.41, 5.74) is 8.87. The van der Waals surface area contributed by atoms with E-state index < -0.39 is 0 Å². The largest absolute Gasteiger partial charge is 0.494 e. The van der Waals surface area contributed by atoms with E-state index in [-0.39, 0.29) is 41.1 Å². The van der Waals surface area contributed by atoms with E-state index in [9.17, 15) is 9.59 Å². The highest BCUT2D eigenvalue weighted by molar-refractivity contribution is 5.92. The van der Waals surface area contributed by atoms with E-state index >= 15 is 4.79 Å². The molecule has 6 aromatic rings. The van der Waals surface area contributed by atoms with Gasteiger partial charge in [-0.25, -0.2) is 19.9 Å². The van der Waals surface area contributed by atoms with Gasteiger partial charge in [0.1, 0.15) is 22.6 Å². The number of nitrogens with one attached hydrogen (secondary N) is 2. The topological polar surface area (TPSA) is 195 Å². The number of carbonyl (C=O) groups excluding carboxylic acids is 2. The van der Waals surface area contributed by atoms with Crippen molar-refractivity contribution in [1.29, 1.82) is 0 Å². The fraction of sp³-hybridized carbons (Fsp3) is 0.422. The number of fused-ring (bicyclic) bond motifs is 2. The summed E-state index contributed by atoms with van der Waals surface area (Å²) in [6.45, 7) is 18.1. The minimum atomic E-state index is -0.367. The summed E-state index contributed by atoms with van der Waals surface area (Å²) in [6.07, 6.45) is 14.2. The molecule has 22 heteroatoms. The number of hydrogen-bond donors (Lipinski definition) is 2. The molecule has 0 radical (unpaired) electrons. The number of allylic oxidation sites excluding steroid dienone is 1. The van der Waals surface area contributed by atoms with Gasteiger partial charge >= 0.3 is 0 Å². The maximum Gasteiger partial charge on any atom is 0.279 e. The molecule has 1 atom stereocenters. The number of piperazine rings is 2. The SMILES string of the molecule is C=C1C=Nc2cnc(Nc3ccc(N4CCN(C)CC4)cc3C)nc2N1C1CCN(C(=O)/C=C/CN(C)Cc2cccc(-c3nc4cnc(Nc5ccc(N6CCN(C)CC6)cc5OC)nc4n([C@H]4CCN(C(=O)/C=C/CN(C)C)C4)c3=O)c2)CC1. The Morgan fingerprint density at radius 3 is 2.05 bits per heavy atom. The number of aromatic nitrogens is 6. The van der Waals surface area contributed by atoms with E-state index in [2.05, 4.69) is 102 Å². The van der Waals surface area contributed by atoms with Crippen LogP contribution >= 0.6 is 0 Å². The Balaban J connectivity index is 0.738. The highest BCUT2D eigenvalue weighted by Gasteiger charge is 2.33. The molecule has 0 bridgehead atoms. The molecule has 2 N–H and O–H groups in total. The molecule has 0 saturated carbocycles. The minimum absolute atomic E-state index is 0.0303. The Hall–Kier alpha value is -8.57. The highest BCUT2D eigenvalue weighted by Crippen LogP contribution is 2.38. The Bertz CT molecular complexity index is 3620. The second-order valence-corrected chi connectivity index (χ2v) is 23.5.